The highest BCUT2D eigenvalue weighted by Crippen LogP contribution is 2.31. The average molecular weight is 420 g/mol. The largest absolute Gasteiger partial charge is 0.496 e. The fourth-order valence-electron chi connectivity index (χ4n) is 3.21. The lowest BCUT2D eigenvalue weighted by Crippen LogP contribution is -2.11. The van der Waals surface area contributed by atoms with Gasteiger partial charge in [-0.2, -0.15) is 0 Å². The molecule has 4 aromatic rings. The number of methoxy groups -OCH3 is 1. The van der Waals surface area contributed by atoms with Gasteiger partial charge in [0.15, 0.2) is 16.6 Å². The molecule has 1 amide bonds. The van der Waals surface area contributed by atoms with Crippen molar-refractivity contribution in [3.05, 3.63) is 70.2 Å². The van der Waals surface area contributed by atoms with Crippen LogP contribution in [0.15, 0.2) is 52.4 Å². The van der Waals surface area contributed by atoms with E-state index < -0.39 is 0 Å². The number of para-hydroxylation sites is 1. The van der Waals surface area contributed by atoms with Crippen molar-refractivity contribution in [3.8, 4) is 28.3 Å². The van der Waals surface area contributed by atoms with E-state index >= 15 is 0 Å². The Labute approximate surface area is 178 Å². The molecule has 0 aliphatic heterocycles. The highest BCUT2D eigenvalue weighted by atomic mass is 32.1. The van der Waals surface area contributed by atoms with Crippen LogP contribution in [0.4, 0.5) is 5.13 Å². The van der Waals surface area contributed by atoms with Crippen LogP contribution in [0.1, 0.15) is 27.2 Å². The lowest BCUT2D eigenvalue weighted by molar-refractivity contribution is 0.101. The number of nitrogens with zero attached hydrogens (tertiary/aromatic N) is 2. The molecule has 0 saturated heterocycles. The van der Waals surface area contributed by atoms with Crippen molar-refractivity contribution in [1.29, 1.82) is 0 Å². The molecule has 0 fully saturated rings. The van der Waals surface area contributed by atoms with E-state index in [1.54, 1.807) is 13.2 Å². The van der Waals surface area contributed by atoms with Crippen LogP contribution in [0.3, 0.4) is 0 Å². The van der Waals surface area contributed by atoms with Gasteiger partial charge >= 0.3 is 0 Å². The van der Waals surface area contributed by atoms with E-state index in [0.29, 0.717) is 16.6 Å². The van der Waals surface area contributed by atoms with Crippen molar-refractivity contribution in [2.45, 2.75) is 20.8 Å². The summed E-state index contributed by atoms with van der Waals surface area (Å²) in [5, 5.41) is 9.15. The molecule has 0 saturated carbocycles. The Bertz CT molecular complexity index is 1230. The normalized spacial score (nSPS) is 10.8. The first-order chi connectivity index (χ1) is 14.5. The summed E-state index contributed by atoms with van der Waals surface area (Å²) in [6, 6.07) is 13.3. The van der Waals surface area contributed by atoms with Crippen molar-refractivity contribution in [2.75, 3.05) is 12.4 Å². The number of thiazole rings is 1. The van der Waals surface area contributed by atoms with Crippen LogP contribution in [-0.4, -0.2) is 23.2 Å². The second-order valence-electron chi connectivity index (χ2n) is 7.02. The second kappa shape index (κ2) is 8.12. The number of carbonyl (C=O) groups is 1. The van der Waals surface area contributed by atoms with E-state index in [-0.39, 0.29) is 11.6 Å². The first-order valence-corrected chi connectivity index (χ1v) is 10.3. The van der Waals surface area contributed by atoms with Gasteiger partial charge in [-0.3, -0.25) is 10.1 Å². The van der Waals surface area contributed by atoms with E-state index in [1.807, 2.05) is 29.6 Å². The van der Waals surface area contributed by atoms with E-state index in [9.17, 15) is 4.79 Å². The minimum absolute atomic E-state index is 0.176. The molecule has 2 heterocycles. The number of hydrogen-bond donors (Lipinski definition) is 1. The Balaban J connectivity index is 1.53. The summed E-state index contributed by atoms with van der Waals surface area (Å²) < 4.78 is 10.7. The van der Waals surface area contributed by atoms with Crippen molar-refractivity contribution in [2.24, 2.45) is 0 Å². The van der Waals surface area contributed by atoms with Gasteiger partial charge in [-0.05, 0) is 55.7 Å². The van der Waals surface area contributed by atoms with Gasteiger partial charge in [-0.25, -0.2) is 4.98 Å². The highest BCUT2D eigenvalue weighted by molar-refractivity contribution is 7.14. The number of benzene rings is 2. The molecule has 1 N–H and O–H groups in total. The van der Waals surface area contributed by atoms with Gasteiger partial charge in [0.2, 0.25) is 0 Å². The maximum absolute atomic E-state index is 12.6. The van der Waals surface area contributed by atoms with Gasteiger partial charge in [0.1, 0.15) is 5.75 Å². The lowest BCUT2D eigenvalue weighted by atomic mass is 9.99. The first kappa shape index (κ1) is 19.8. The molecule has 152 valence electrons. The molecule has 6 nitrogen and oxygen atoms in total. The van der Waals surface area contributed by atoms with Gasteiger partial charge in [0.05, 0.1) is 18.4 Å². The molecule has 0 aliphatic carbocycles. The summed E-state index contributed by atoms with van der Waals surface area (Å²) in [5.74, 6) is 0.731. The number of nitrogens with one attached hydrogen (secondary N) is 1. The Morgan fingerprint density at radius 3 is 2.60 bits per heavy atom. The minimum atomic E-state index is -0.377. The molecule has 0 aliphatic rings. The number of rotatable bonds is 5. The molecule has 0 bridgehead atoms. The SMILES string of the molecule is COc1ccccc1-c1cc(C(=O)Nc2nc(-c3cc(C)c(C)cc3C)cs2)no1. The lowest BCUT2D eigenvalue weighted by Gasteiger charge is -2.07. The van der Waals surface area contributed by atoms with E-state index in [0.717, 1.165) is 22.4 Å². The molecule has 7 heteroatoms. The number of hydrogen-bond acceptors (Lipinski definition) is 6. The predicted octanol–water partition coefficient (Wildman–Crippen LogP) is 5.65. The number of aryl methyl sites for hydroxylation is 3. The third-order valence-electron chi connectivity index (χ3n) is 4.96. The zero-order valence-corrected chi connectivity index (χ0v) is 18.0. The third-order valence-corrected chi connectivity index (χ3v) is 5.71. The van der Waals surface area contributed by atoms with Crippen LogP contribution in [0.5, 0.6) is 5.75 Å². The number of aromatic nitrogens is 2. The quantitative estimate of drug-likeness (QED) is 0.452. The third kappa shape index (κ3) is 3.84. The van der Waals surface area contributed by atoms with Crippen LogP contribution < -0.4 is 10.1 Å². The molecule has 0 unspecified atom stereocenters. The minimum Gasteiger partial charge on any atom is -0.496 e. The van der Waals surface area contributed by atoms with Crippen LogP contribution in [0, 0.1) is 20.8 Å². The predicted molar refractivity (Wildman–Crippen MR) is 118 cm³/mol. The molecule has 0 radical (unpaired) electrons. The smallest absolute Gasteiger partial charge is 0.279 e. The van der Waals surface area contributed by atoms with Gasteiger partial charge in [-0.15, -0.1) is 11.3 Å². The van der Waals surface area contributed by atoms with Crippen molar-refractivity contribution in [3.63, 3.8) is 0 Å². The molecule has 4 rings (SSSR count). The maximum atomic E-state index is 12.6. The summed E-state index contributed by atoms with van der Waals surface area (Å²) in [6.45, 7) is 6.24. The number of anilines is 1. The Hall–Kier alpha value is -3.45. The monoisotopic (exact) mass is 419 g/mol. The Morgan fingerprint density at radius 2 is 1.80 bits per heavy atom. The van der Waals surface area contributed by atoms with Crippen molar-refractivity contribution in [1.82, 2.24) is 10.1 Å². The molecule has 0 spiro atoms. The summed E-state index contributed by atoms with van der Waals surface area (Å²) in [7, 11) is 1.58. The number of amides is 1. The number of ether oxygens (including phenoxy) is 1. The molecule has 30 heavy (non-hydrogen) atoms. The van der Waals surface area contributed by atoms with Gasteiger partial charge in [0.25, 0.3) is 5.91 Å². The average Bonchev–Trinajstić information content (AvgIpc) is 3.40. The Kier molecular flexibility index (Phi) is 5.37. The highest BCUT2D eigenvalue weighted by Gasteiger charge is 2.18. The van der Waals surface area contributed by atoms with Crippen LogP contribution in [0.25, 0.3) is 22.6 Å². The van der Waals surface area contributed by atoms with Crippen molar-refractivity contribution < 1.29 is 14.1 Å². The summed E-state index contributed by atoms with van der Waals surface area (Å²) >= 11 is 1.37. The van der Waals surface area contributed by atoms with Crippen LogP contribution in [-0.2, 0) is 0 Å². The number of carbonyl (C=O) groups excluding carboxylic acids is 1. The summed E-state index contributed by atoms with van der Waals surface area (Å²) in [4.78, 5) is 17.2. The zero-order valence-electron chi connectivity index (χ0n) is 17.1. The molecular weight excluding hydrogens is 398 g/mol. The molecule has 2 aromatic carbocycles. The topological polar surface area (TPSA) is 77.2 Å². The Morgan fingerprint density at radius 1 is 1.03 bits per heavy atom. The van der Waals surface area contributed by atoms with Gasteiger partial charge in [0, 0.05) is 17.0 Å². The maximum Gasteiger partial charge on any atom is 0.279 e. The first-order valence-electron chi connectivity index (χ1n) is 9.41. The van der Waals surface area contributed by atoms with Crippen molar-refractivity contribution >= 4 is 22.4 Å². The molecule has 0 atom stereocenters. The standard InChI is InChI=1S/C23H21N3O3S/c1-13-9-15(3)17(10-14(13)2)19-12-30-23(24-19)25-22(27)18-11-21(29-26-18)16-7-5-6-8-20(16)28-4/h5-12H,1-4H3,(H,24,25,27). The van der Waals surface area contributed by atoms with E-state index in [2.05, 4.69) is 48.4 Å². The zero-order chi connectivity index (χ0) is 21.3. The van der Waals surface area contributed by atoms with Crippen LogP contribution >= 0.6 is 11.3 Å². The summed E-state index contributed by atoms with van der Waals surface area (Å²) in [6.07, 6.45) is 0. The van der Waals surface area contributed by atoms with E-state index in [1.165, 1.54) is 22.5 Å². The van der Waals surface area contributed by atoms with Crippen LogP contribution in [0.2, 0.25) is 0 Å². The second-order valence-corrected chi connectivity index (χ2v) is 7.88. The summed E-state index contributed by atoms with van der Waals surface area (Å²) in [5.41, 5.74) is 6.42. The fraction of sp³-hybridized carbons (Fsp3) is 0.174. The molecular formula is C23H21N3O3S. The van der Waals surface area contributed by atoms with Gasteiger partial charge < -0.3 is 9.26 Å². The molecule has 2 aromatic heterocycles. The van der Waals surface area contributed by atoms with E-state index in [4.69, 9.17) is 9.26 Å². The fourth-order valence-corrected chi connectivity index (χ4v) is 3.92. The van der Waals surface area contributed by atoms with Gasteiger partial charge in [-0.1, -0.05) is 23.4 Å².